The van der Waals surface area contributed by atoms with E-state index in [1.807, 2.05) is 66.7 Å². The first-order chi connectivity index (χ1) is 22.4. The fourth-order valence-electron chi connectivity index (χ4n) is 5.69. The van der Waals surface area contributed by atoms with Crippen LogP contribution in [0, 0.1) is 5.82 Å². The van der Waals surface area contributed by atoms with Gasteiger partial charge in [-0.15, -0.1) is 0 Å². The summed E-state index contributed by atoms with van der Waals surface area (Å²) in [5.41, 5.74) is 5.92. The Hall–Kier alpha value is -3.89. The van der Waals surface area contributed by atoms with Crippen LogP contribution in [0.2, 0.25) is 10.0 Å². The van der Waals surface area contributed by atoms with Crippen LogP contribution >= 0.6 is 35.4 Å². The average Bonchev–Trinajstić information content (AvgIpc) is 3.40. The molecule has 7 nitrogen and oxygen atoms in total. The summed E-state index contributed by atoms with van der Waals surface area (Å²) in [6.45, 7) is 4.84. The minimum atomic E-state index is -0.229. The van der Waals surface area contributed by atoms with Gasteiger partial charge >= 0.3 is 0 Å². The molecule has 46 heavy (non-hydrogen) atoms. The molecule has 0 atom stereocenters. The summed E-state index contributed by atoms with van der Waals surface area (Å²) >= 11 is 17.8. The van der Waals surface area contributed by atoms with Gasteiger partial charge in [0.25, 0.3) is 0 Å². The highest BCUT2D eigenvalue weighted by Gasteiger charge is 2.21. The molecule has 4 aromatic carbocycles. The van der Waals surface area contributed by atoms with Gasteiger partial charge in [-0.05, 0) is 84.7 Å². The number of likely N-dealkylation sites (tertiary alicyclic amines) is 1. The topological polar surface area (TPSA) is 69.2 Å². The molecule has 0 spiro atoms. The van der Waals surface area contributed by atoms with Crippen molar-refractivity contribution in [3.8, 4) is 0 Å². The molecule has 0 saturated carbocycles. The molecule has 0 bridgehead atoms. The van der Waals surface area contributed by atoms with Crippen molar-refractivity contribution < 1.29 is 4.39 Å². The quantitative estimate of drug-likeness (QED) is 0.106. The third kappa shape index (κ3) is 8.27. The summed E-state index contributed by atoms with van der Waals surface area (Å²) < 4.78 is 15.7. The van der Waals surface area contributed by atoms with Crippen LogP contribution in [0.1, 0.15) is 24.0 Å². The number of nitrogens with zero attached hydrogens (tertiary/aromatic N) is 3. The van der Waals surface area contributed by atoms with Crippen molar-refractivity contribution in [2.24, 2.45) is 0 Å². The van der Waals surface area contributed by atoms with Crippen LogP contribution in [-0.2, 0) is 13.1 Å². The van der Waals surface area contributed by atoms with Crippen molar-refractivity contribution in [2.75, 3.05) is 42.1 Å². The Morgan fingerprint density at radius 1 is 0.870 bits per heavy atom. The van der Waals surface area contributed by atoms with Crippen LogP contribution in [0.4, 0.5) is 21.7 Å². The Morgan fingerprint density at radius 2 is 1.59 bits per heavy atom. The van der Waals surface area contributed by atoms with E-state index >= 15 is 0 Å². The van der Waals surface area contributed by atoms with Gasteiger partial charge in [0, 0.05) is 38.8 Å². The molecular formula is C35H36Cl2FN7S. The maximum atomic E-state index is 13.5. The van der Waals surface area contributed by atoms with E-state index in [-0.39, 0.29) is 5.82 Å². The van der Waals surface area contributed by atoms with Crippen LogP contribution in [-0.4, -0.2) is 51.8 Å². The first-order valence-corrected chi connectivity index (χ1v) is 16.6. The highest BCUT2D eigenvalue weighted by Crippen LogP contribution is 2.26. The third-order valence-electron chi connectivity index (χ3n) is 8.19. The molecule has 11 heteroatoms. The summed E-state index contributed by atoms with van der Waals surface area (Å²) in [5, 5.41) is 15.5. The lowest BCUT2D eigenvalue weighted by Gasteiger charge is -2.32. The number of piperidine rings is 1. The third-order valence-corrected chi connectivity index (χ3v) is 9.17. The van der Waals surface area contributed by atoms with Crippen LogP contribution < -0.4 is 21.3 Å². The average molecular weight is 677 g/mol. The van der Waals surface area contributed by atoms with Gasteiger partial charge in [0.15, 0.2) is 5.11 Å². The molecule has 1 aromatic heterocycles. The Bertz CT molecular complexity index is 1790. The molecule has 0 unspecified atom stereocenters. The van der Waals surface area contributed by atoms with Crippen molar-refractivity contribution in [1.82, 2.24) is 19.8 Å². The predicted molar refractivity (Wildman–Crippen MR) is 193 cm³/mol. The molecule has 4 N–H and O–H groups in total. The number of para-hydroxylation sites is 4. The lowest BCUT2D eigenvalue weighted by atomic mass is 10.1. The Kier molecular flexibility index (Phi) is 10.5. The molecule has 1 aliphatic rings. The zero-order chi connectivity index (χ0) is 31.9. The van der Waals surface area contributed by atoms with Gasteiger partial charge in [-0.1, -0.05) is 65.7 Å². The molecule has 0 amide bonds. The van der Waals surface area contributed by atoms with Gasteiger partial charge in [-0.3, -0.25) is 0 Å². The minimum absolute atomic E-state index is 0.229. The van der Waals surface area contributed by atoms with Gasteiger partial charge in [-0.25, -0.2) is 9.37 Å². The van der Waals surface area contributed by atoms with Gasteiger partial charge in [0.2, 0.25) is 5.95 Å². The van der Waals surface area contributed by atoms with Crippen molar-refractivity contribution in [3.05, 3.63) is 118 Å². The van der Waals surface area contributed by atoms with E-state index in [4.69, 9.17) is 40.4 Å². The fraction of sp³-hybridized carbons (Fsp3) is 0.257. The van der Waals surface area contributed by atoms with E-state index in [9.17, 15) is 4.39 Å². The highest BCUT2D eigenvalue weighted by atomic mass is 35.5. The zero-order valence-electron chi connectivity index (χ0n) is 25.3. The van der Waals surface area contributed by atoms with Crippen molar-refractivity contribution >= 4 is 68.9 Å². The second kappa shape index (κ2) is 15.1. The second-order valence-corrected chi connectivity index (χ2v) is 12.6. The molecule has 2 heterocycles. The number of halogens is 3. The van der Waals surface area contributed by atoms with E-state index in [1.165, 1.54) is 12.1 Å². The Morgan fingerprint density at radius 3 is 2.37 bits per heavy atom. The number of anilines is 3. The number of benzene rings is 4. The second-order valence-electron chi connectivity index (χ2n) is 11.4. The van der Waals surface area contributed by atoms with Crippen molar-refractivity contribution in [1.29, 1.82) is 0 Å². The first-order valence-electron chi connectivity index (χ1n) is 15.4. The summed E-state index contributed by atoms with van der Waals surface area (Å²) in [4.78, 5) is 7.36. The van der Waals surface area contributed by atoms with Crippen LogP contribution in [0.5, 0.6) is 0 Å². The standard InChI is InChI=1S/C35H36Cl2FN7S/c36-28-14-11-25(21-29(28)37)22-40-30-5-1-2-6-31(30)43-35(46)39-17-20-44-18-15-27(16-19-44)41-34-42-32-7-3-4-8-33(32)45(34)23-24-9-12-26(38)13-10-24/h1-14,21,27,40H,15-20,22-23H2,(H,41,42)(H2,39,43,46). The number of fused-ring (bicyclic) bond motifs is 1. The lowest BCUT2D eigenvalue weighted by molar-refractivity contribution is 0.222. The van der Waals surface area contributed by atoms with Gasteiger partial charge < -0.3 is 30.7 Å². The van der Waals surface area contributed by atoms with Crippen LogP contribution in [0.3, 0.4) is 0 Å². The number of thiocarbonyl (C=S) groups is 1. The molecule has 238 valence electrons. The minimum Gasteiger partial charge on any atom is -0.379 e. The van der Waals surface area contributed by atoms with Gasteiger partial charge in [-0.2, -0.15) is 0 Å². The summed E-state index contributed by atoms with van der Waals surface area (Å²) in [7, 11) is 0. The zero-order valence-corrected chi connectivity index (χ0v) is 27.6. The number of hydrogen-bond acceptors (Lipinski definition) is 5. The monoisotopic (exact) mass is 675 g/mol. The van der Waals surface area contributed by atoms with E-state index in [0.29, 0.717) is 34.3 Å². The highest BCUT2D eigenvalue weighted by molar-refractivity contribution is 7.80. The molecule has 5 aromatic rings. The summed E-state index contributed by atoms with van der Waals surface area (Å²) in [5.74, 6) is 0.627. The van der Waals surface area contributed by atoms with Crippen molar-refractivity contribution in [3.63, 3.8) is 0 Å². The van der Waals surface area contributed by atoms with Gasteiger partial charge in [0.1, 0.15) is 5.82 Å². The molecule has 0 radical (unpaired) electrons. The Balaban J connectivity index is 0.964. The number of imidazole rings is 1. The number of hydrogen-bond donors (Lipinski definition) is 4. The SMILES string of the molecule is Fc1ccc(Cn2c(NC3CCN(CCNC(=S)Nc4ccccc4NCc4ccc(Cl)c(Cl)c4)CC3)nc3ccccc32)cc1. The van der Waals surface area contributed by atoms with E-state index < -0.39 is 0 Å². The Labute approximate surface area is 284 Å². The number of rotatable bonds is 11. The lowest BCUT2D eigenvalue weighted by Crippen LogP contribution is -2.43. The number of aromatic nitrogens is 2. The molecule has 1 aliphatic heterocycles. The van der Waals surface area contributed by atoms with Gasteiger partial charge in [0.05, 0.1) is 39.0 Å². The number of nitrogens with one attached hydrogen (secondary N) is 4. The molecule has 0 aliphatic carbocycles. The van der Waals surface area contributed by atoms with Crippen LogP contribution in [0.15, 0.2) is 91.0 Å². The van der Waals surface area contributed by atoms with Crippen LogP contribution in [0.25, 0.3) is 11.0 Å². The molecule has 1 saturated heterocycles. The molecular weight excluding hydrogens is 640 g/mol. The first kappa shape index (κ1) is 32.1. The summed E-state index contributed by atoms with van der Waals surface area (Å²) in [6.07, 6.45) is 2.03. The largest absolute Gasteiger partial charge is 0.379 e. The predicted octanol–water partition coefficient (Wildman–Crippen LogP) is 8.01. The van der Waals surface area contributed by atoms with Crippen molar-refractivity contribution in [2.45, 2.75) is 32.0 Å². The normalized spacial score (nSPS) is 13.9. The van der Waals surface area contributed by atoms with E-state index in [2.05, 4.69) is 36.8 Å². The maximum Gasteiger partial charge on any atom is 0.204 e. The maximum absolute atomic E-state index is 13.5. The fourth-order valence-corrected chi connectivity index (χ4v) is 6.22. The smallest absolute Gasteiger partial charge is 0.204 e. The molecule has 6 rings (SSSR count). The summed E-state index contributed by atoms with van der Waals surface area (Å²) in [6, 6.07) is 28.7. The van der Waals surface area contributed by atoms with E-state index in [0.717, 1.165) is 78.5 Å². The van der Waals surface area contributed by atoms with E-state index in [1.54, 1.807) is 6.07 Å². The molecule has 1 fully saturated rings.